The van der Waals surface area contributed by atoms with Gasteiger partial charge in [-0.25, -0.2) is 0 Å². The van der Waals surface area contributed by atoms with Crippen molar-refractivity contribution in [3.8, 4) is 5.75 Å². The van der Waals surface area contributed by atoms with Crippen LogP contribution in [0.4, 0.5) is 5.69 Å². The first-order valence-electron chi connectivity index (χ1n) is 10.1. The fourth-order valence-electron chi connectivity index (χ4n) is 3.65. The van der Waals surface area contributed by atoms with Crippen LogP contribution in [0.5, 0.6) is 5.75 Å². The quantitative estimate of drug-likeness (QED) is 0.671. The second-order valence-electron chi connectivity index (χ2n) is 7.24. The van der Waals surface area contributed by atoms with Gasteiger partial charge in [0.05, 0.1) is 6.61 Å². The summed E-state index contributed by atoms with van der Waals surface area (Å²) in [5.41, 5.74) is 2.88. The number of pyridine rings is 1. The van der Waals surface area contributed by atoms with E-state index in [1.54, 1.807) is 0 Å². The Morgan fingerprint density at radius 2 is 1.86 bits per heavy atom. The van der Waals surface area contributed by atoms with Crippen molar-refractivity contribution in [3.05, 3.63) is 70.0 Å². The lowest BCUT2D eigenvalue weighted by Crippen LogP contribution is -2.27. The van der Waals surface area contributed by atoms with Gasteiger partial charge in [0.1, 0.15) is 5.75 Å². The first-order chi connectivity index (χ1) is 14.1. The maximum Gasteiger partial charge on any atom is 0.253 e. The number of nitrogens with one attached hydrogen (secondary N) is 2. The SMILES string of the molecule is CCOc1ccc2[nH]c(=O)c(CNc3ccc(C(=O)N4CCCC4)cc3)cc2c1. The van der Waals surface area contributed by atoms with E-state index in [1.165, 1.54) is 0 Å². The normalized spacial score (nSPS) is 13.6. The average molecular weight is 391 g/mol. The third kappa shape index (κ3) is 4.26. The van der Waals surface area contributed by atoms with Gasteiger partial charge in [-0.1, -0.05) is 0 Å². The third-order valence-corrected chi connectivity index (χ3v) is 5.21. The molecule has 2 aromatic carbocycles. The fraction of sp³-hybridized carbons (Fsp3) is 0.304. The predicted octanol–water partition coefficient (Wildman–Crippen LogP) is 3.77. The highest BCUT2D eigenvalue weighted by Crippen LogP contribution is 2.20. The van der Waals surface area contributed by atoms with Gasteiger partial charge in [0, 0.05) is 47.4 Å². The second kappa shape index (κ2) is 8.39. The molecule has 0 unspecified atom stereocenters. The van der Waals surface area contributed by atoms with Crippen LogP contribution in [0.3, 0.4) is 0 Å². The minimum absolute atomic E-state index is 0.0881. The van der Waals surface area contributed by atoms with E-state index in [0.717, 1.165) is 48.3 Å². The van der Waals surface area contributed by atoms with Crippen LogP contribution in [0.1, 0.15) is 35.7 Å². The van der Waals surface area contributed by atoms with Crippen LogP contribution in [-0.2, 0) is 6.54 Å². The van der Waals surface area contributed by atoms with E-state index >= 15 is 0 Å². The molecule has 1 fully saturated rings. The average Bonchev–Trinajstić information content (AvgIpc) is 3.27. The van der Waals surface area contributed by atoms with Crippen LogP contribution in [0.15, 0.2) is 53.3 Å². The van der Waals surface area contributed by atoms with Crippen LogP contribution >= 0.6 is 0 Å². The van der Waals surface area contributed by atoms with Gasteiger partial charge >= 0.3 is 0 Å². The van der Waals surface area contributed by atoms with Gasteiger partial charge in [-0.05, 0) is 68.3 Å². The van der Waals surface area contributed by atoms with Crippen molar-refractivity contribution in [2.24, 2.45) is 0 Å². The van der Waals surface area contributed by atoms with E-state index in [2.05, 4.69) is 10.3 Å². The first-order valence-corrected chi connectivity index (χ1v) is 10.1. The number of aromatic amines is 1. The van der Waals surface area contributed by atoms with Crippen molar-refractivity contribution >= 4 is 22.5 Å². The van der Waals surface area contributed by atoms with E-state index in [9.17, 15) is 9.59 Å². The van der Waals surface area contributed by atoms with E-state index < -0.39 is 0 Å². The number of rotatable bonds is 6. The van der Waals surface area contributed by atoms with Crippen molar-refractivity contribution in [3.63, 3.8) is 0 Å². The molecular formula is C23H25N3O3. The maximum atomic E-state index is 12.4. The monoisotopic (exact) mass is 391 g/mol. The van der Waals surface area contributed by atoms with Gasteiger partial charge in [0.15, 0.2) is 0 Å². The molecule has 3 aromatic rings. The molecule has 6 heteroatoms. The number of carbonyl (C=O) groups is 1. The summed E-state index contributed by atoms with van der Waals surface area (Å²) >= 11 is 0. The van der Waals surface area contributed by atoms with Crippen molar-refractivity contribution in [2.75, 3.05) is 25.0 Å². The number of aromatic nitrogens is 1. The molecule has 2 N–H and O–H groups in total. The first kappa shape index (κ1) is 19.1. The van der Waals surface area contributed by atoms with Crippen molar-refractivity contribution in [1.82, 2.24) is 9.88 Å². The van der Waals surface area contributed by atoms with Crippen LogP contribution in [0.25, 0.3) is 10.9 Å². The minimum Gasteiger partial charge on any atom is -0.494 e. The molecule has 0 radical (unpaired) electrons. The zero-order valence-corrected chi connectivity index (χ0v) is 16.5. The van der Waals surface area contributed by atoms with E-state index in [4.69, 9.17) is 4.74 Å². The molecule has 2 heterocycles. The Morgan fingerprint density at radius 3 is 2.59 bits per heavy atom. The Bertz CT molecular complexity index is 1070. The Hall–Kier alpha value is -3.28. The molecule has 0 saturated carbocycles. The highest BCUT2D eigenvalue weighted by atomic mass is 16.5. The zero-order chi connectivity index (χ0) is 20.2. The molecule has 1 amide bonds. The lowest BCUT2D eigenvalue weighted by Gasteiger charge is -2.15. The lowest BCUT2D eigenvalue weighted by molar-refractivity contribution is 0.0793. The maximum absolute atomic E-state index is 12.4. The van der Waals surface area contributed by atoms with Crippen LogP contribution in [-0.4, -0.2) is 35.5 Å². The number of likely N-dealkylation sites (tertiary alicyclic amines) is 1. The van der Waals surface area contributed by atoms with Crippen molar-refractivity contribution in [2.45, 2.75) is 26.3 Å². The van der Waals surface area contributed by atoms with Crippen LogP contribution < -0.4 is 15.6 Å². The molecule has 0 bridgehead atoms. The zero-order valence-electron chi connectivity index (χ0n) is 16.5. The summed E-state index contributed by atoms with van der Waals surface area (Å²) in [5.74, 6) is 0.870. The van der Waals surface area contributed by atoms with Crippen molar-refractivity contribution in [1.29, 1.82) is 0 Å². The number of hydrogen-bond donors (Lipinski definition) is 2. The highest BCUT2D eigenvalue weighted by molar-refractivity contribution is 5.94. The number of anilines is 1. The number of carbonyl (C=O) groups excluding carboxylic acids is 1. The number of amides is 1. The molecular weight excluding hydrogens is 366 g/mol. The van der Waals surface area contributed by atoms with Gasteiger partial charge in [-0.2, -0.15) is 0 Å². The number of ether oxygens (including phenoxy) is 1. The Kier molecular flexibility index (Phi) is 5.51. The van der Waals surface area contributed by atoms with Gasteiger partial charge in [0.25, 0.3) is 11.5 Å². The summed E-state index contributed by atoms with van der Waals surface area (Å²) in [4.78, 5) is 29.6. The molecule has 29 heavy (non-hydrogen) atoms. The number of H-pyrrole nitrogens is 1. The van der Waals surface area contributed by atoms with Gasteiger partial charge in [-0.3, -0.25) is 9.59 Å². The van der Waals surface area contributed by atoms with Crippen LogP contribution in [0, 0.1) is 0 Å². The molecule has 1 aliphatic heterocycles. The number of hydrogen-bond acceptors (Lipinski definition) is 4. The molecule has 1 aromatic heterocycles. The summed E-state index contributed by atoms with van der Waals surface area (Å²) in [5, 5.41) is 4.20. The number of fused-ring (bicyclic) bond motifs is 1. The van der Waals surface area contributed by atoms with E-state index in [0.29, 0.717) is 24.3 Å². The Morgan fingerprint density at radius 1 is 1.10 bits per heavy atom. The molecule has 6 nitrogen and oxygen atoms in total. The smallest absolute Gasteiger partial charge is 0.253 e. The summed E-state index contributed by atoms with van der Waals surface area (Å²) < 4.78 is 5.54. The predicted molar refractivity (Wildman–Crippen MR) is 115 cm³/mol. The molecule has 1 saturated heterocycles. The molecule has 0 aliphatic carbocycles. The van der Waals surface area contributed by atoms with Gasteiger partial charge in [-0.15, -0.1) is 0 Å². The minimum atomic E-state index is -0.116. The summed E-state index contributed by atoms with van der Waals surface area (Å²) in [6.45, 7) is 4.61. The Balaban J connectivity index is 1.46. The van der Waals surface area contributed by atoms with E-state index in [1.807, 2.05) is 60.4 Å². The number of benzene rings is 2. The molecule has 4 rings (SSSR count). The third-order valence-electron chi connectivity index (χ3n) is 5.21. The van der Waals surface area contributed by atoms with Gasteiger partial charge < -0.3 is 19.9 Å². The second-order valence-corrected chi connectivity index (χ2v) is 7.24. The highest BCUT2D eigenvalue weighted by Gasteiger charge is 2.19. The van der Waals surface area contributed by atoms with E-state index in [-0.39, 0.29) is 11.5 Å². The topological polar surface area (TPSA) is 74.4 Å². The largest absolute Gasteiger partial charge is 0.494 e. The molecule has 150 valence electrons. The molecule has 1 aliphatic rings. The molecule has 0 atom stereocenters. The Labute approximate surface area is 169 Å². The lowest BCUT2D eigenvalue weighted by atomic mass is 10.1. The fourth-order valence-corrected chi connectivity index (χ4v) is 3.65. The molecule has 0 spiro atoms. The van der Waals surface area contributed by atoms with Crippen molar-refractivity contribution < 1.29 is 9.53 Å². The summed E-state index contributed by atoms with van der Waals surface area (Å²) in [7, 11) is 0. The van der Waals surface area contributed by atoms with Crippen LogP contribution in [0.2, 0.25) is 0 Å². The summed E-state index contributed by atoms with van der Waals surface area (Å²) in [6, 6.07) is 15.0. The standard InChI is InChI=1S/C23H25N3O3/c1-2-29-20-9-10-21-17(14-20)13-18(22(27)25-21)15-24-19-7-5-16(6-8-19)23(28)26-11-3-4-12-26/h5-10,13-14,24H,2-4,11-12,15H2,1H3,(H,25,27). The summed E-state index contributed by atoms with van der Waals surface area (Å²) in [6.07, 6.45) is 2.16. The number of nitrogens with zero attached hydrogens (tertiary/aromatic N) is 1. The van der Waals surface area contributed by atoms with Gasteiger partial charge in [0.2, 0.25) is 0 Å².